The number of hydrogen-bond acceptors (Lipinski definition) is 2. The van der Waals surface area contributed by atoms with Gasteiger partial charge in [-0.3, -0.25) is 0 Å². The summed E-state index contributed by atoms with van der Waals surface area (Å²) in [7, 11) is 0. The van der Waals surface area contributed by atoms with E-state index in [0.717, 1.165) is 25.0 Å². The lowest BCUT2D eigenvalue weighted by Crippen LogP contribution is -2.51. The van der Waals surface area contributed by atoms with Crippen LogP contribution in [-0.2, 0) is 4.74 Å². The summed E-state index contributed by atoms with van der Waals surface area (Å²) in [5.74, 6) is 1.95. The van der Waals surface area contributed by atoms with Gasteiger partial charge in [-0.1, -0.05) is 6.42 Å². The van der Waals surface area contributed by atoms with Crippen LogP contribution >= 0.6 is 0 Å². The molecule has 2 heteroatoms. The topological polar surface area (TPSA) is 21.3 Å². The second-order valence-electron chi connectivity index (χ2n) is 5.55. The Labute approximate surface area is 86.4 Å². The fourth-order valence-corrected chi connectivity index (χ4v) is 3.37. The van der Waals surface area contributed by atoms with Crippen molar-refractivity contribution in [3.63, 3.8) is 0 Å². The molecule has 14 heavy (non-hydrogen) atoms. The van der Waals surface area contributed by atoms with E-state index in [0.29, 0.717) is 5.41 Å². The van der Waals surface area contributed by atoms with Crippen LogP contribution in [0.4, 0.5) is 0 Å². The van der Waals surface area contributed by atoms with Gasteiger partial charge in [0.2, 0.25) is 0 Å². The molecule has 3 aliphatic rings. The van der Waals surface area contributed by atoms with Crippen LogP contribution in [0.1, 0.15) is 32.1 Å². The van der Waals surface area contributed by atoms with Crippen molar-refractivity contribution in [1.82, 2.24) is 5.32 Å². The summed E-state index contributed by atoms with van der Waals surface area (Å²) in [6, 6.07) is 0. The SMILES string of the molecule is C1CC(C2(CC3CCNC3)COC2)C1. The molecule has 1 saturated carbocycles. The van der Waals surface area contributed by atoms with Crippen molar-refractivity contribution in [3.8, 4) is 0 Å². The van der Waals surface area contributed by atoms with Crippen LogP contribution in [0.15, 0.2) is 0 Å². The van der Waals surface area contributed by atoms with Gasteiger partial charge in [-0.15, -0.1) is 0 Å². The fraction of sp³-hybridized carbons (Fsp3) is 1.00. The van der Waals surface area contributed by atoms with Gasteiger partial charge in [0, 0.05) is 5.41 Å². The van der Waals surface area contributed by atoms with Crippen molar-refractivity contribution in [2.75, 3.05) is 26.3 Å². The van der Waals surface area contributed by atoms with E-state index in [1.54, 1.807) is 0 Å². The van der Waals surface area contributed by atoms with Crippen molar-refractivity contribution in [3.05, 3.63) is 0 Å². The second-order valence-corrected chi connectivity index (χ2v) is 5.55. The van der Waals surface area contributed by atoms with Crippen molar-refractivity contribution in [1.29, 1.82) is 0 Å². The summed E-state index contributed by atoms with van der Waals surface area (Å²) in [6.07, 6.45) is 7.25. The van der Waals surface area contributed by atoms with Gasteiger partial charge < -0.3 is 10.1 Å². The minimum Gasteiger partial charge on any atom is -0.380 e. The lowest BCUT2D eigenvalue weighted by molar-refractivity contribution is -0.171. The third-order valence-electron chi connectivity index (χ3n) is 4.61. The van der Waals surface area contributed by atoms with Crippen molar-refractivity contribution < 1.29 is 4.74 Å². The molecule has 1 unspecified atom stereocenters. The van der Waals surface area contributed by atoms with E-state index in [-0.39, 0.29) is 0 Å². The maximum absolute atomic E-state index is 5.48. The lowest BCUT2D eigenvalue weighted by atomic mass is 9.60. The zero-order valence-corrected chi connectivity index (χ0v) is 8.93. The van der Waals surface area contributed by atoms with Crippen LogP contribution in [0.5, 0.6) is 0 Å². The van der Waals surface area contributed by atoms with Gasteiger partial charge in [-0.2, -0.15) is 0 Å². The maximum atomic E-state index is 5.48. The Hall–Kier alpha value is -0.0800. The molecule has 80 valence electrons. The van der Waals surface area contributed by atoms with E-state index in [9.17, 15) is 0 Å². The number of hydrogen-bond donors (Lipinski definition) is 1. The van der Waals surface area contributed by atoms with Crippen molar-refractivity contribution in [2.24, 2.45) is 17.3 Å². The number of rotatable bonds is 3. The average Bonchev–Trinajstić information content (AvgIpc) is 2.49. The molecule has 3 rings (SSSR count). The third-order valence-corrected chi connectivity index (χ3v) is 4.61. The van der Waals surface area contributed by atoms with Crippen LogP contribution in [0.2, 0.25) is 0 Å². The molecule has 0 aromatic rings. The van der Waals surface area contributed by atoms with Gasteiger partial charge in [-0.05, 0) is 50.6 Å². The highest BCUT2D eigenvalue weighted by Gasteiger charge is 2.48. The first-order chi connectivity index (χ1) is 6.89. The molecule has 2 heterocycles. The van der Waals surface area contributed by atoms with Crippen LogP contribution in [-0.4, -0.2) is 26.3 Å². The molecule has 1 aliphatic carbocycles. The summed E-state index contributed by atoms with van der Waals surface area (Å²) < 4.78 is 5.48. The van der Waals surface area contributed by atoms with Gasteiger partial charge in [0.25, 0.3) is 0 Å². The van der Waals surface area contributed by atoms with E-state index in [4.69, 9.17) is 4.74 Å². The summed E-state index contributed by atoms with van der Waals surface area (Å²) in [5.41, 5.74) is 0.620. The van der Waals surface area contributed by atoms with Crippen molar-refractivity contribution in [2.45, 2.75) is 32.1 Å². The Morgan fingerprint density at radius 1 is 1.21 bits per heavy atom. The number of ether oxygens (including phenoxy) is 1. The Balaban J connectivity index is 1.61. The van der Waals surface area contributed by atoms with E-state index in [2.05, 4.69) is 5.32 Å². The van der Waals surface area contributed by atoms with Gasteiger partial charge in [-0.25, -0.2) is 0 Å². The summed E-state index contributed by atoms with van der Waals surface area (Å²) in [4.78, 5) is 0. The molecular formula is C12H21NO. The molecule has 0 aromatic heterocycles. The van der Waals surface area contributed by atoms with Gasteiger partial charge in [0.1, 0.15) is 0 Å². The second kappa shape index (κ2) is 3.49. The molecule has 3 fully saturated rings. The Morgan fingerprint density at radius 3 is 2.50 bits per heavy atom. The quantitative estimate of drug-likeness (QED) is 0.741. The molecule has 0 amide bonds. The minimum absolute atomic E-state index is 0.620. The van der Waals surface area contributed by atoms with E-state index >= 15 is 0 Å². The predicted molar refractivity (Wildman–Crippen MR) is 56.2 cm³/mol. The molecule has 2 nitrogen and oxygen atoms in total. The summed E-state index contributed by atoms with van der Waals surface area (Å²) in [6.45, 7) is 4.63. The molecule has 0 spiro atoms. The molecule has 2 aliphatic heterocycles. The van der Waals surface area contributed by atoms with Crippen LogP contribution in [0.3, 0.4) is 0 Å². The molecule has 1 atom stereocenters. The van der Waals surface area contributed by atoms with Crippen LogP contribution < -0.4 is 5.32 Å². The fourth-order valence-electron chi connectivity index (χ4n) is 3.37. The Bertz CT molecular complexity index is 202. The Morgan fingerprint density at radius 2 is 2.07 bits per heavy atom. The zero-order valence-electron chi connectivity index (χ0n) is 8.93. The zero-order chi connectivity index (χ0) is 9.43. The monoisotopic (exact) mass is 195 g/mol. The van der Waals surface area contributed by atoms with E-state index in [1.165, 1.54) is 45.2 Å². The molecular weight excluding hydrogens is 174 g/mol. The predicted octanol–water partition coefficient (Wildman–Crippen LogP) is 1.80. The van der Waals surface area contributed by atoms with Crippen LogP contribution in [0, 0.1) is 17.3 Å². The molecule has 1 N–H and O–H groups in total. The molecule has 0 bridgehead atoms. The molecule has 0 aromatic carbocycles. The molecule has 0 radical (unpaired) electrons. The number of nitrogens with one attached hydrogen (secondary N) is 1. The first-order valence-electron chi connectivity index (χ1n) is 6.18. The standard InChI is InChI=1S/C12H21NO/c1-2-11(3-1)12(8-14-9-12)6-10-4-5-13-7-10/h10-11,13H,1-9H2. The van der Waals surface area contributed by atoms with E-state index in [1.807, 2.05) is 0 Å². The first-order valence-corrected chi connectivity index (χ1v) is 6.18. The van der Waals surface area contributed by atoms with Gasteiger partial charge >= 0.3 is 0 Å². The maximum Gasteiger partial charge on any atom is 0.0547 e. The summed E-state index contributed by atoms with van der Waals surface area (Å²) in [5, 5.41) is 3.48. The lowest BCUT2D eigenvalue weighted by Gasteiger charge is -2.52. The first kappa shape index (κ1) is 9.17. The third kappa shape index (κ3) is 1.40. The highest BCUT2D eigenvalue weighted by Crippen LogP contribution is 2.50. The van der Waals surface area contributed by atoms with Crippen molar-refractivity contribution >= 4 is 0 Å². The smallest absolute Gasteiger partial charge is 0.0547 e. The summed E-state index contributed by atoms with van der Waals surface area (Å²) >= 11 is 0. The van der Waals surface area contributed by atoms with Gasteiger partial charge in [0.05, 0.1) is 13.2 Å². The Kier molecular flexibility index (Phi) is 2.29. The highest BCUT2D eigenvalue weighted by molar-refractivity contribution is 4.97. The minimum atomic E-state index is 0.620. The largest absolute Gasteiger partial charge is 0.380 e. The van der Waals surface area contributed by atoms with Gasteiger partial charge in [0.15, 0.2) is 0 Å². The average molecular weight is 195 g/mol. The van der Waals surface area contributed by atoms with E-state index < -0.39 is 0 Å². The normalized spacial score (nSPS) is 36.4. The highest BCUT2D eigenvalue weighted by atomic mass is 16.5. The van der Waals surface area contributed by atoms with Crippen LogP contribution in [0.25, 0.3) is 0 Å². The molecule has 2 saturated heterocycles.